The van der Waals surface area contributed by atoms with Gasteiger partial charge in [0.25, 0.3) is 5.91 Å². The summed E-state index contributed by atoms with van der Waals surface area (Å²) in [7, 11) is -0.587. The summed E-state index contributed by atoms with van der Waals surface area (Å²) >= 11 is 0. The maximum atomic E-state index is 14.4. The number of carbonyl (C=O) groups is 1. The van der Waals surface area contributed by atoms with Gasteiger partial charge in [-0.1, -0.05) is 49.4 Å². The molecule has 3 aromatic carbocycles. The largest absolute Gasteiger partial charge is 0.394 e. The monoisotopic (exact) mass is 593 g/mol. The zero-order valence-corrected chi connectivity index (χ0v) is 25.0. The van der Waals surface area contributed by atoms with Crippen molar-refractivity contribution in [3.8, 4) is 11.1 Å². The third-order valence-corrected chi connectivity index (χ3v) is 10.0. The van der Waals surface area contributed by atoms with Crippen LogP contribution in [0.4, 0.5) is 4.39 Å². The van der Waals surface area contributed by atoms with E-state index in [1.807, 2.05) is 67.1 Å². The van der Waals surface area contributed by atoms with Gasteiger partial charge in [0.1, 0.15) is 11.5 Å². The van der Waals surface area contributed by atoms with Crippen LogP contribution < -0.4 is 0 Å². The average Bonchev–Trinajstić information content (AvgIpc) is 3.28. The molecule has 1 aliphatic heterocycles. The number of halogens is 1. The second kappa shape index (κ2) is 12.0. The Morgan fingerprint density at radius 1 is 1.07 bits per heavy atom. The van der Waals surface area contributed by atoms with Crippen molar-refractivity contribution in [1.82, 2.24) is 13.8 Å². The lowest BCUT2D eigenvalue weighted by Crippen LogP contribution is -2.48. The minimum Gasteiger partial charge on any atom is -0.394 e. The highest BCUT2D eigenvalue weighted by atomic mass is 32.2. The molecule has 0 saturated carbocycles. The molecule has 10 heteroatoms. The molecule has 3 atom stereocenters. The van der Waals surface area contributed by atoms with Gasteiger partial charge in [-0.3, -0.25) is 4.79 Å². The summed E-state index contributed by atoms with van der Waals surface area (Å²) < 4.78 is 49.8. The lowest BCUT2D eigenvalue weighted by atomic mass is 9.96. The van der Waals surface area contributed by atoms with E-state index in [-0.39, 0.29) is 43.0 Å². The number of sulfonamides is 1. The maximum Gasteiger partial charge on any atom is 0.271 e. The van der Waals surface area contributed by atoms with E-state index in [2.05, 4.69) is 0 Å². The molecule has 2 heterocycles. The second-order valence-corrected chi connectivity index (χ2v) is 13.1. The Hall–Kier alpha value is -3.57. The molecule has 222 valence electrons. The van der Waals surface area contributed by atoms with E-state index in [1.54, 1.807) is 11.8 Å². The van der Waals surface area contributed by atoms with Crippen LogP contribution in [0.25, 0.3) is 22.0 Å². The number of carbonyl (C=O) groups excluding carboxylic acids is 1. The van der Waals surface area contributed by atoms with Gasteiger partial charge in [-0.2, -0.15) is 4.31 Å². The van der Waals surface area contributed by atoms with Crippen molar-refractivity contribution < 1.29 is 27.4 Å². The molecule has 0 unspecified atom stereocenters. The molecule has 0 aliphatic carbocycles. The SMILES string of the molecule is C[C@H](CO)N1C[C@H](C)[C@@H](CN(C)S(=O)(=O)c2ccc(F)cc2)OCc2ccccc2-c2c(n(C)c3ccccc23)C1=O. The van der Waals surface area contributed by atoms with Gasteiger partial charge in [0.15, 0.2) is 0 Å². The number of ether oxygens (including phenoxy) is 1. The number of amides is 1. The highest BCUT2D eigenvalue weighted by Crippen LogP contribution is 2.38. The van der Waals surface area contributed by atoms with E-state index in [9.17, 15) is 22.7 Å². The van der Waals surface area contributed by atoms with E-state index in [0.717, 1.165) is 39.7 Å². The molecule has 0 bridgehead atoms. The minimum absolute atomic E-state index is 0.00839. The molecule has 1 aromatic heterocycles. The van der Waals surface area contributed by atoms with Crippen LogP contribution in [0, 0.1) is 11.7 Å². The van der Waals surface area contributed by atoms with Gasteiger partial charge in [-0.25, -0.2) is 12.8 Å². The zero-order valence-electron chi connectivity index (χ0n) is 24.2. The minimum atomic E-state index is -3.93. The standard InChI is InChI=1S/C32H36FN3O5S/c1-21-17-36(22(2)19-37)32(38)31-30(27-11-7-8-12-28(27)35(31)4)26-10-6-5-9-23(26)20-41-29(21)18-34(3)42(39,40)25-15-13-24(33)14-16-25/h5-16,21-22,29,37H,17-20H2,1-4H3/t21-,22+,29+/m0/s1. The van der Waals surface area contributed by atoms with E-state index in [1.165, 1.54) is 23.5 Å². The van der Waals surface area contributed by atoms with Crippen molar-refractivity contribution in [3.63, 3.8) is 0 Å². The first-order chi connectivity index (χ1) is 20.0. The Morgan fingerprint density at radius 3 is 2.45 bits per heavy atom. The molecule has 4 aromatic rings. The molecular formula is C32H36FN3O5S. The molecule has 0 spiro atoms. The van der Waals surface area contributed by atoms with Gasteiger partial charge in [0, 0.05) is 49.6 Å². The van der Waals surface area contributed by atoms with Gasteiger partial charge in [-0.15, -0.1) is 0 Å². The van der Waals surface area contributed by atoms with Crippen LogP contribution in [0.2, 0.25) is 0 Å². The Bertz CT molecular complexity index is 1700. The lowest BCUT2D eigenvalue weighted by Gasteiger charge is -2.35. The molecule has 1 N–H and O–H groups in total. The summed E-state index contributed by atoms with van der Waals surface area (Å²) in [5.41, 5.74) is 3.96. The van der Waals surface area contributed by atoms with Crippen LogP contribution >= 0.6 is 0 Å². The first kappa shape index (κ1) is 29.9. The number of aliphatic hydroxyl groups excluding tert-OH is 1. The number of hydrogen-bond acceptors (Lipinski definition) is 5. The molecule has 0 fully saturated rings. The predicted octanol–water partition coefficient (Wildman–Crippen LogP) is 4.66. The van der Waals surface area contributed by atoms with Crippen LogP contribution in [0.5, 0.6) is 0 Å². The Kier molecular flexibility index (Phi) is 8.52. The number of likely N-dealkylation sites (N-methyl/N-ethyl adjacent to an activating group) is 1. The summed E-state index contributed by atoms with van der Waals surface area (Å²) in [6.07, 6.45) is -0.600. The first-order valence-corrected chi connectivity index (χ1v) is 15.4. The van der Waals surface area contributed by atoms with Gasteiger partial charge in [-0.05, 0) is 48.4 Å². The van der Waals surface area contributed by atoms with Gasteiger partial charge >= 0.3 is 0 Å². The second-order valence-electron chi connectivity index (χ2n) is 11.0. The third kappa shape index (κ3) is 5.47. The van der Waals surface area contributed by atoms with Crippen LogP contribution in [0.15, 0.2) is 77.7 Å². The normalized spacial score (nSPS) is 18.9. The number of hydrogen-bond donors (Lipinski definition) is 1. The summed E-state index contributed by atoms with van der Waals surface area (Å²) in [5, 5.41) is 11.1. The number of fused-ring (bicyclic) bond motifs is 5. The van der Waals surface area contributed by atoms with Gasteiger partial charge in [0.2, 0.25) is 10.0 Å². The van der Waals surface area contributed by atoms with E-state index >= 15 is 0 Å². The third-order valence-electron chi connectivity index (χ3n) is 8.18. The fraction of sp³-hybridized carbons (Fsp3) is 0.344. The molecular weight excluding hydrogens is 557 g/mol. The van der Waals surface area contributed by atoms with Crippen LogP contribution in [0.3, 0.4) is 0 Å². The number of benzene rings is 3. The van der Waals surface area contributed by atoms with Crippen molar-refractivity contribution in [3.05, 3.63) is 89.9 Å². The van der Waals surface area contributed by atoms with Crippen molar-refractivity contribution in [2.24, 2.45) is 13.0 Å². The molecule has 1 aliphatic rings. The first-order valence-electron chi connectivity index (χ1n) is 14.0. The van der Waals surface area contributed by atoms with Crippen molar-refractivity contribution in [1.29, 1.82) is 0 Å². The number of para-hydroxylation sites is 1. The number of nitrogens with zero attached hydrogens (tertiary/aromatic N) is 3. The quantitative estimate of drug-likeness (QED) is 0.351. The average molecular weight is 594 g/mol. The summed E-state index contributed by atoms with van der Waals surface area (Å²) in [4.78, 5) is 16.1. The molecule has 0 saturated heterocycles. The van der Waals surface area contributed by atoms with Crippen LogP contribution in [-0.4, -0.2) is 72.1 Å². The van der Waals surface area contributed by atoms with Crippen LogP contribution in [0.1, 0.15) is 29.9 Å². The highest BCUT2D eigenvalue weighted by molar-refractivity contribution is 7.89. The molecule has 8 nitrogen and oxygen atoms in total. The fourth-order valence-corrected chi connectivity index (χ4v) is 6.85. The predicted molar refractivity (Wildman–Crippen MR) is 160 cm³/mol. The number of rotatable bonds is 6. The smallest absolute Gasteiger partial charge is 0.271 e. The van der Waals surface area contributed by atoms with Crippen molar-refractivity contribution in [2.45, 2.75) is 37.5 Å². The van der Waals surface area contributed by atoms with Crippen molar-refractivity contribution >= 4 is 26.8 Å². The topological polar surface area (TPSA) is 92.1 Å². The number of aliphatic hydroxyl groups is 1. The van der Waals surface area contributed by atoms with Crippen LogP contribution in [-0.2, 0) is 28.4 Å². The van der Waals surface area contributed by atoms with Crippen molar-refractivity contribution in [2.75, 3.05) is 26.7 Å². The van der Waals surface area contributed by atoms with E-state index in [0.29, 0.717) is 5.69 Å². The maximum absolute atomic E-state index is 14.4. The Labute approximate surface area is 246 Å². The highest BCUT2D eigenvalue weighted by Gasteiger charge is 2.34. The van der Waals surface area contributed by atoms with Gasteiger partial charge < -0.3 is 19.3 Å². The van der Waals surface area contributed by atoms with E-state index < -0.39 is 28.0 Å². The zero-order chi connectivity index (χ0) is 30.2. The number of aryl methyl sites for hydroxylation is 1. The molecule has 42 heavy (non-hydrogen) atoms. The Balaban J connectivity index is 1.60. The summed E-state index contributed by atoms with van der Waals surface area (Å²) in [6, 6.07) is 19.8. The molecule has 5 rings (SSSR count). The molecule has 1 amide bonds. The number of aromatic nitrogens is 1. The fourth-order valence-electron chi connectivity index (χ4n) is 5.66. The van der Waals surface area contributed by atoms with Gasteiger partial charge in [0.05, 0.1) is 30.3 Å². The van der Waals surface area contributed by atoms with E-state index in [4.69, 9.17) is 4.74 Å². The summed E-state index contributed by atoms with van der Waals surface area (Å²) in [6.45, 7) is 3.91. The lowest BCUT2D eigenvalue weighted by molar-refractivity contribution is -0.0147. The molecule has 0 radical (unpaired) electrons. The summed E-state index contributed by atoms with van der Waals surface area (Å²) in [5.74, 6) is -1.05. The Morgan fingerprint density at radius 2 is 1.74 bits per heavy atom.